The van der Waals surface area contributed by atoms with Gasteiger partial charge in [0, 0.05) is 11.3 Å². The van der Waals surface area contributed by atoms with Gasteiger partial charge < -0.3 is 89.7 Å². The molecule has 0 bridgehead atoms. The molecule has 378 valence electrons. The van der Waals surface area contributed by atoms with E-state index in [1.54, 1.807) is 0 Å². The Bertz CT molecular complexity index is 1780. The van der Waals surface area contributed by atoms with Crippen molar-refractivity contribution in [2.45, 2.75) is 197 Å². The summed E-state index contributed by atoms with van der Waals surface area (Å²) in [5, 5.41) is 130. The van der Waals surface area contributed by atoms with Crippen LogP contribution in [0.5, 0.6) is 0 Å². The van der Waals surface area contributed by atoms with Crippen LogP contribution in [0.1, 0.15) is 92.9 Å². The van der Waals surface area contributed by atoms with Gasteiger partial charge in [-0.05, 0) is 90.8 Å². The fraction of sp³-hybridized carbons (Fsp3) is 0.917. The Balaban J connectivity index is 1.09. The molecule has 3 saturated heterocycles. The number of hydrogen-bond donors (Lipinski definition) is 12. The van der Waals surface area contributed by atoms with E-state index in [9.17, 15) is 61.3 Å². The topological polar surface area (TPSA) is 298 Å². The highest BCUT2D eigenvalue weighted by molar-refractivity contribution is 5.38. The average Bonchev–Trinajstić information content (AvgIpc) is 3.42. The van der Waals surface area contributed by atoms with Crippen molar-refractivity contribution in [3.8, 4) is 0 Å². The predicted octanol–water partition coefficient (Wildman–Crippen LogP) is -0.639. The number of allylic oxidation sites excluding steroid dienone is 1. The van der Waals surface area contributed by atoms with Gasteiger partial charge in [0.2, 0.25) is 0 Å². The van der Waals surface area contributed by atoms with E-state index in [0.717, 1.165) is 50.5 Å². The summed E-state index contributed by atoms with van der Waals surface area (Å²) >= 11 is 0. The zero-order valence-corrected chi connectivity index (χ0v) is 39.2. The molecule has 3 heterocycles. The third-order valence-electron chi connectivity index (χ3n) is 18.8. The largest absolute Gasteiger partial charge is 0.394 e. The Kier molecular flexibility index (Phi) is 14.3. The van der Waals surface area contributed by atoms with Crippen molar-refractivity contribution in [1.29, 1.82) is 0 Å². The second kappa shape index (κ2) is 18.4. The number of ether oxygens (including phenoxy) is 6. The van der Waals surface area contributed by atoms with E-state index < -0.39 is 130 Å². The third-order valence-corrected chi connectivity index (χ3v) is 18.8. The van der Waals surface area contributed by atoms with Gasteiger partial charge in [-0.25, -0.2) is 0 Å². The van der Waals surface area contributed by atoms with Crippen LogP contribution in [0.25, 0.3) is 0 Å². The van der Waals surface area contributed by atoms with Crippen LogP contribution in [-0.2, 0) is 28.4 Å². The molecule has 18 heteroatoms. The Hall–Kier alpha value is -1.24. The summed E-state index contributed by atoms with van der Waals surface area (Å²) in [7, 11) is 0. The monoisotopic (exact) mass is 943 g/mol. The minimum atomic E-state index is -1.92. The fourth-order valence-corrected chi connectivity index (χ4v) is 14.1. The van der Waals surface area contributed by atoms with Gasteiger partial charge in [0.05, 0.1) is 38.6 Å². The summed E-state index contributed by atoms with van der Waals surface area (Å²) < 4.78 is 36.4. The van der Waals surface area contributed by atoms with Gasteiger partial charge in [0.25, 0.3) is 0 Å². The summed E-state index contributed by atoms with van der Waals surface area (Å²) in [5.41, 5.74) is 0.744. The van der Waals surface area contributed by atoms with Crippen molar-refractivity contribution in [2.24, 2.45) is 50.7 Å². The zero-order chi connectivity index (χ0) is 48.2. The maximum atomic E-state index is 12.4. The first-order valence-corrected chi connectivity index (χ1v) is 24.1. The summed E-state index contributed by atoms with van der Waals surface area (Å²) in [5.74, 6) is 0.109. The molecule has 3 aliphatic heterocycles. The van der Waals surface area contributed by atoms with Crippen LogP contribution in [0, 0.1) is 50.7 Å². The van der Waals surface area contributed by atoms with E-state index in [2.05, 4.69) is 47.6 Å². The molecule has 24 unspecified atom stereocenters. The first kappa shape index (κ1) is 51.1. The van der Waals surface area contributed by atoms with E-state index in [1.807, 2.05) is 0 Å². The standard InChI is InChI=1S/C48H78O18/c1-21-22-14-30(53)45(4,5)23(22)8-9-47(7)31(21)26(52)15-24-25-16-44(2,3)10-12-48(25,13-11-46(24,47)6)20-61-42-39(36(58)33(55)28(18-50)63-42)66-43-40(37(59)34(56)29(19-51)64-43)65-41-38(60)35(57)32(54)27(17-49)62-41/h15,22-23,25-43,49-60H,1,8-14,16-20H2,2-7H3. The van der Waals surface area contributed by atoms with Crippen LogP contribution >= 0.6 is 0 Å². The highest BCUT2D eigenvalue weighted by atomic mass is 16.8. The lowest BCUT2D eigenvalue weighted by molar-refractivity contribution is -0.394. The molecule has 4 saturated carbocycles. The number of fused-ring (bicyclic) bond motifs is 6. The van der Waals surface area contributed by atoms with Crippen LogP contribution in [0.4, 0.5) is 0 Å². The minimum absolute atomic E-state index is 0.0474. The summed E-state index contributed by atoms with van der Waals surface area (Å²) in [6, 6.07) is 0. The second-order valence-corrected chi connectivity index (χ2v) is 23.1. The molecule has 0 amide bonds. The van der Waals surface area contributed by atoms with Crippen molar-refractivity contribution in [1.82, 2.24) is 0 Å². The van der Waals surface area contributed by atoms with Crippen LogP contribution in [0.3, 0.4) is 0 Å². The Morgan fingerprint density at radius 1 is 0.636 bits per heavy atom. The molecule has 66 heavy (non-hydrogen) atoms. The smallest absolute Gasteiger partial charge is 0.187 e. The number of hydrogen-bond acceptors (Lipinski definition) is 18. The van der Waals surface area contributed by atoms with Gasteiger partial charge in [-0.2, -0.15) is 0 Å². The number of rotatable bonds is 10. The predicted molar refractivity (Wildman–Crippen MR) is 231 cm³/mol. The first-order valence-electron chi connectivity index (χ1n) is 24.1. The van der Waals surface area contributed by atoms with E-state index in [0.29, 0.717) is 6.42 Å². The van der Waals surface area contributed by atoms with Gasteiger partial charge in [-0.15, -0.1) is 0 Å². The summed E-state index contributed by atoms with van der Waals surface area (Å²) in [6.45, 7) is 16.0. The van der Waals surface area contributed by atoms with Crippen molar-refractivity contribution in [3.63, 3.8) is 0 Å². The molecule has 0 aromatic rings. The molecule has 8 aliphatic rings. The Morgan fingerprint density at radius 2 is 1.17 bits per heavy atom. The third kappa shape index (κ3) is 8.21. The molecule has 5 aliphatic carbocycles. The van der Waals surface area contributed by atoms with Crippen molar-refractivity contribution >= 4 is 0 Å². The van der Waals surface area contributed by atoms with Crippen molar-refractivity contribution < 1.29 is 89.7 Å². The normalized spacial score (nSPS) is 53.5. The van der Waals surface area contributed by atoms with E-state index in [4.69, 9.17) is 35.0 Å². The first-order chi connectivity index (χ1) is 30.9. The molecule has 7 fully saturated rings. The average molecular weight is 943 g/mol. The highest BCUT2D eigenvalue weighted by Crippen LogP contribution is 2.72. The molecule has 0 aromatic heterocycles. The molecule has 24 atom stereocenters. The lowest BCUT2D eigenvalue weighted by atomic mass is 9.39. The quantitative estimate of drug-likeness (QED) is 0.121. The SMILES string of the molecule is C=C1C2CC(O)C(C)(C)C2CCC2(C)C1C(O)C=C1C3CC(C)(C)CCC3(COC3OC(CO)C(O)C(O)C3OC3OC(CO)C(O)C(O)C3OC3OC(CO)C(O)C(O)C3O)CCC12C. The number of aliphatic hydroxyl groups is 12. The van der Waals surface area contributed by atoms with Crippen LogP contribution < -0.4 is 0 Å². The van der Waals surface area contributed by atoms with Crippen LogP contribution in [-0.4, -0.2) is 192 Å². The zero-order valence-electron chi connectivity index (χ0n) is 39.2. The summed E-state index contributed by atoms with van der Waals surface area (Å²) in [4.78, 5) is 0. The highest BCUT2D eigenvalue weighted by Gasteiger charge is 2.66. The summed E-state index contributed by atoms with van der Waals surface area (Å²) in [6.07, 6.45) is -18.1. The Morgan fingerprint density at radius 3 is 1.77 bits per heavy atom. The van der Waals surface area contributed by atoms with Gasteiger partial charge in [-0.3, -0.25) is 0 Å². The number of aliphatic hydroxyl groups excluding tert-OH is 12. The molecule has 0 spiro atoms. The van der Waals surface area contributed by atoms with Gasteiger partial charge >= 0.3 is 0 Å². The van der Waals surface area contributed by atoms with E-state index in [-0.39, 0.29) is 51.9 Å². The molecular formula is C48H78O18. The van der Waals surface area contributed by atoms with Crippen molar-refractivity contribution in [2.75, 3.05) is 26.4 Å². The van der Waals surface area contributed by atoms with Gasteiger partial charge in [0.1, 0.15) is 73.2 Å². The maximum absolute atomic E-state index is 12.4. The lowest BCUT2D eigenvalue weighted by Gasteiger charge is -2.65. The van der Waals surface area contributed by atoms with E-state index in [1.165, 1.54) is 5.57 Å². The fourth-order valence-electron chi connectivity index (χ4n) is 14.1. The maximum Gasteiger partial charge on any atom is 0.187 e. The molecule has 18 nitrogen and oxygen atoms in total. The molecule has 12 N–H and O–H groups in total. The lowest BCUT2D eigenvalue weighted by Crippen LogP contribution is -2.67. The molecule has 8 rings (SSSR count). The molecule has 0 aromatic carbocycles. The van der Waals surface area contributed by atoms with Crippen LogP contribution in [0.15, 0.2) is 23.8 Å². The van der Waals surface area contributed by atoms with E-state index >= 15 is 0 Å². The van der Waals surface area contributed by atoms with Gasteiger partial charge in [0.15, 0.2) is 18.9 Å². The van der Waals surface area contributed by atoms with Crippen molar-refractivity contribution in [3.05, 3.63) is 23.8 Å². The minimum Gasteiger partial charge on any atom is -0.394 e. The van der Waals surface area contributed by atoms with Gasteiger partial charge in [-0.1, -0.05) is 65.3 Å². The Labute approximate surface area is 387 Å². The second-order valence-electron chi connectivity index (χ2n) is 23.1. The molecule has 0 radical (unpaired) electrons. The van der Waals surface area contributed by atoms with Crippen LogP contribution in [0.2, 0.25) is 0 Å². The molecular weight excluding hydrogens is 865 g/mol.